The standard InChI is InChI=1S/C26H50N2O11Si2/c1-31-40(32-2,33-3)21-13-17-27-25(29)37-19-11-7-9-15-23-24(39-23)16-10-8-12-20-38-26(30)28-18-14-22-41(34-4,35-5)36-6/h7-8,11-12,23-24H,9-10,13-22H2,1-6H3,(H,27,29)(H,28,30). The molecule has 0 radical (unpaired) electrons. The van der Waals surface area contributed by atoms with Gasteiger partial charge in [-0.1, -0.05) is 24.3 Å². The smallest absolute Gasteiger partial charge is 0.445 e. The lowest BCUT2D eigenvalue weighted by atomic mass is 10.1. The van der Waals surface area contributed by atoms with E-state index in [2.05, 4.69) is 10.6 Å². The molecule has 0 aromatic rings. The maximum Gasteiger partial charge on any atom is 0.500 e. The van der Waals surface area contributed by atoms with E-state index in [0.717, 1.165) is 25.7 Å². The van der Waals surface area contributed by atoms with Gasteiger partial charge in [0.25, 0.3) is 0 Å². The number of rotatable bonds is 24. The Hall–Kier alpha value is -1.83. The zero-order valence-electron chi connectivity index (χ0n) is 25.4. The number of alkyl carbamates (subject to hydrolysis) is 2. The molecule has 238 valence electrons. The molecule has 1 fully saturated rings. The van der Waals surface area contributed by atoms with Crippen LogP contribution in [0.15, 0.2) is 24.3 Å². The third-order valence-electron chi connectivity index (χ3n) is 6.60. The summed E-state index contributed by atoms with van der Waals surface area (Å²) in [6, 6.07) is 1.21. The first kappa shape index (κ1) is 37.2. The predicted octanol–water partition coefficient (Wildman–Crippen LogP) is 3.42. The fourth-order valence-corrected chi connectivity index (χ4v) is 7.48. The molecular formula is C26H50N2O11Si2. The summed E-state index contributed by atoms with van der Waals surface area (Å²) in [5, 5.41) is 5.41. The minimum Gasteiger partial charge on any atom is -0.445 e. The molecule has 13 nitrogen and oxygen atoms in total. The van der Waals surface area contributed by atoms with Crippen molar-refractivity contribution in [3.8, 4) is 0 Å². The Morgan fingerprint density at radius 1 is 0.634 bits per heavy atom. The number of hydrogen-bond acceptors (Lipinski definition) is 11. The lowest BCUT2D eigenvalue weighted by Gasteiger charge is -2.24. The Bertz CT molecular complexity index is 702. The summed E-state index contributed by atoms with van der Waals surface area (Å²) in [6.45, 7) is 1.34. The van der Waals surface area contributed by atoms with E-state index >= 15 is 0 Å². The first-order valence-corrected chi connectivity index (χ1v) is 17.8. The van der Waals surface area contributed by atoms with Crippen LogP contribution in [-0.2, 0) is 40.8 Å². The molecule has 0 bridgehead atoms. The van der Waals surface area contributed by atoms with E-state index in [1.165, 1.54) is 0 Å². The van der Waals surface area contributed by atoms with Crippen molar-refractivity contribution in [3.63, 3.8) is 0 Å². The van der Waals surface area contributed by atoms with E-state index in [0.29, 0.717) is 38.0 Å². The number of carbonyl (C=O) groups excluding carboxylic acids is 2. The monoisotopic (exact) mass is 622 g/mol. The van der Waals surface area contributed by atoms with Crippen LogP contribution in [0.3, 0.4) is 0 Å². The van der Waals surface area contributed by atoms with Crippen LogP contribution in [0.5, 0.6) is 0 Å². The van der Waals surface area contributed by atoms with Gasteiger partial charge in [0.1, 0.15) is 13.2 Å². The molecule has 0 aromatic carbocycles. The SMILES string of the molecule is CO[Si](CCCNC(=O)OCC=CCCC1OC1CCC=CCOC(=O)NCCC[Si](OC)(OC)OC)(OC)OC. The van der Waals surface area contributed by atoms with Crippen LogP contribution in [0.25, 0.3) is 0 Å². The molecule has 2 amide bonds. The molecule has 0 aromatic heterocycles. The summed E-state index contributed by atoms with van der Waals surface area (Å²) in [4.78, 5) is 23.5. The van der Waals surface area contributed by atoms with Crippen molar-refractivity contribution < 1.29 is 50.4 Å². The van der Waals surface area contributed by atoms with E-state index in [1.54, 1.807) is 42.7 Å². The second-order valence-electron chi connectivity index (χ2n) is 9.16. The topological polar surface area (TPSA) is 145 Å². The molecule has 0 saturated carbocycles. The van der Waals surface area contributed by atoms with Crippen molar-refractivity contribution in [3.05, 3.63) is 24.3 Å². The summed E-state index contributed by atoms with van der Waals surface area (Å²) in [5.74, 6) is 0. The zero-order valence-corrected chi connectivity index (χ0v) is 27.4. The number of allylic oxidation sites excluding steroid dienone is 2. The van der Waals surface area contributed by atoms with Gasteiger partial charge in [0.05, 0.1) is 12.2 Å². The Balaban J connectivity index is 1.99. The highest BCUT2D eigenvalue weighted by Gasteiger charge is 2.38. The Morgan fingerprint density at radius 3 is 1.34 bits per heavy atom. The van der Waals surface area contributed by atoms with Gasteiger partial charge in [-0.15, -0.1) is 0 Å². The molecule has 0 aliphatic carbocycles. The molecular weight excluding hydrogens is 572 g/mol. The highest BCUT2D eigenvalue weighted by Crippen LogP contribution is 2.30. The van der Waals surface area contributed by atoms with Crippen LogP contribution < -0.4 is 10.6 Å². The number of ether oxygens (including phenoxy) is 3. The Labute approximate surface area is 246 Å². The second kappa shape index (κ2) is 21.8. The fourth-order valence-electron chi connectivity index (χ4n) is 4.03. The lowest BCUT2D eigenvalue weighted by Crippen LogP contribution is -2.43. The van der Waals surface area contributed by atoms with Crippen molar-refractivity contribution in [2.75, 3.05) is 69.0 Å². The van der Waals surface area contributed by atoms with Crippen molar-refractivity contribution in [2.24, 2.45) is 0 Å². The van der Waals surface area contributed by atoms with Gasteiger partial charge in [0.15, 0.2) is 0 Å². The normalized spacial score (nSPS) is 17.2. The minimum absolute atomic E-state index is 0.219. The van der Waals surface area contributed by atoms with Crippen LogP contribution in [0.1, 0.15) is 38.5 Å². The molecule has 2 N–H and O–H groups in total. The molecule has 0 spiro atoms. The third-order valence-corrected chi connectivity index (χ3v) is 12.3. The van der Waals surface area contributed by atoms with Gasteiger partial charge in [0.2, 0.25) is 0 Å². The first-order valence-electron chi connectivity index (χ1n) is 13.9. The molecule has 1 rings (SSSR count). The van der Waals surface area contributed by atoms with Crippen molar-refractivity contribution >= 4 is 29.8 Å². The predicted molar refractivity (Wildman–Crippen MR) is 157 cm³/mol. The fraction of sp³-hybridized carbons (Fsp3) is 0.769. The Kier molecular flexibility index (Phi) is 19.8. The minimum atomic E-state index is -2.61. The summed E-state index contributed by atoms with van der Waals surface area (Å²) in [5.41, 5.74) is 0. The van der Waals surface area contributed by atoms with Gasteiger partial charge in [-0.05, 0) is 38.5 Å². The highest BCUT2D eigenvalue weighted by molar-refractivity contribution is 6.60. The number of carbonyl (C=O) groups is 2. The quantitative estimate of drug-likeness (QED) is 0.0707. The van der Waals surface area contributed by atoms with Crippen LogP contribution in [0, 0.1) is 0 Å². The third kappa shape index (κ3) is 15.8. The van der Waals surface area contributed by atoms with Gasteiger partial charge >= 0.3 is 29.8 Å². The largest absolute Gasteiger partial charge is 0.500 e. The average Bonchev–Trinajstić information content (AvgIpc) is 3.75. The van der Waals surface area contributed by atoms with Crippen LogP contribution in [-0.4, -0.2) is 111 Å². The maximum atomic E-state index is 11.8. The number of nitrogens with one attached hydrogen (secondary N) is 2. The first-order chi connectivity index (χ1) is 19.8. The van der Waals surface area contributed by atoms with Gasteiger partial charge in [0, 0.05) is 67.8 Å². The molecule has 1 aliphatic rings. The number of amides is 2. The van der Waals surface area contributed by atoms with Crippen LogP contribution in [0.4, 0.5) is 9.59 Å². The van der Waals surface area contributed by atoms with Gasteiger partial charge in [-0.2, -0.15) is 0 Å². The highest BCUT2D eigenvalue weighted by atomic mass is 28.4. The molecule has 1 saturated heterocycles. The van der Waals surface area contributed by atoms with Crippen LogP contribution >= 0.6 is 0 Å². The lowest BCUT2D eigenvalue weighted by molar-refractivity contribution is 0.122. The van der Waals surface area contributed by atoms with Gasteiger partial charge in [-0.3, -0.25) is 0 Å². The molecule has 15 heteroatoms. The molecule has 2 atom stereocenters. The summed E-state index contributed by atoms with van der Waals surface area (Å²) in [6.07, 6.45) is 12.2. The van der Waals surface area contributed by atoms with E-state index < -0.39 is 29.8 Å². The maximum absolute atomic E-state index is 11.8. The average molecular weight is 623 g/mol. The summed E-state index contributed by atoms with van der Waals surface area (Å²) < 4.78 is 48.1. The van der Waals surface area contributed by atoms with E-state index in [-0.39, 0.29) is 25.4 Å². The van der Waals surface area contributed by atoms with Gasteiger partial charge < -0.3 is 51.4 Å². The van der Waals surface area contributed by atoms with E-state index in [1.807, 2.05) is 24.3 Å². The van der Waals surface area contributed by atoms with Crippen LogP contribution in [0.2, 0.25) is 12.1 Å². The van der Waals surface area contributed by atoms with E-state index in [4.69, 9.17) is 40.8 Å². The Morgan fingerprint density at radius 2 is 1.00 bits per heavy atom. The molecule has 41 heavy (non-hydrogen) atoms. The number of epoxide rings is 1. The molecule has 2 unspecified atom stereocenters. The number of hydrogen-bond donors (Lipinski definition) is 2. The van der Waals surface area contributed by atoms with Gasteiger partial charge in [-0.25, -0.2) is 9.59 Å². The molecule has 1 aliphatic heterocycles. The van der Waals surface area contributed by atoms with E-state index in [9.17, 15) is 9.59 Å². The zero-order chi connectivity index (χ0) is 30.4. The van der Waals surface area contributed by atoms with Crippen molar-refractivity contribution in [1.29, 1.82) is 0 Å². The molecule has 1 heterocycles. The second-order valence-corrected chi connectivity index (χ2v) is 15.3. The summed E-state index contributed by atoms with van der Waals surface area (Å²) >= 11 is 0. The summed E-state index contributed by atoms with van der Waals surface area (Å²) in [7, 11) is 4.16. The van der Waals surface area contributed by atoms with Crippen molar-refractivity contribution in [1.82, 2.24) is 10.6 Å². The van der Waals surface area contributed by atoms with Crippen molar-refractivity contribution in [2.45, 2.75) is 62.8 Å².